The van der Waals surface area contributed by atoms with Gasteiger partial charge in [-0.3, -0.25) is 9.48 Å². The summed E-state index contributed by atoms with van der Waals surface area (Å²) in [4.78, 5) is 34.4. The van der Waals surface area contributed by atoms with Gasteiger partial charge in [0.15, 0.2) is 0 Å². The summed E-state index contributed by atoms with van der Waals surface area (Å²) in [5.41, 5.74) is 9.59. The average molecular weight is 508 g/mol. The van der Waals surface area contributed by atoms with Crippen molar-refractivity contribution >= 4 is 23.4 Å². The Balaban J connectivity index is 1.56. The number of nitrogens with one attached hydrogen (secondary N) is 1. The van der Waals surface area contributed by atoms with Crippen LogP contribution in [0.2, 0.25) is 0 Å². The molecule has 0 spiro atoms. The van der Waals surface area contributed by atoms with E-state index in [4.69, 9.17) is 5.73 Å². The first-order valence-corrected chi connectivity index (χ1v) is 12.4. The van der Waals surface area contributed by atoms with Crippen molar-refractivity contribution in [3.63, 3.8) is 0 Å². The molecule has 0 radical (unpaired) electrons. The predicted molar refractivity (Wildman–Crippen MR) is 140 cm³/mol. The number of aryl methyl sites for hydroxylation is 3. The van der Waals surface area contributed by atoms with Crippen molar-refractivity contribution in [2.24, 2.45) is 13.0 Å². The summed E-state index contributed by atoms with van der Waals surface area (Å²) < 4.78 is 15.8. The number of anilines is 2. The Hall–Kier alpha value is -3.95. The van der Waals surface area contributed by atoms with Crippen molar-refractivity contribution in [2.75, 3.05) is 24.2 Å². The van der Waals surface area contributed by atoms with Gasteiger partial charge in [0.25, 0.3) is 0 Å². The zero-order chi connectivity index (χ0) is 26.9. The number of nitrogens with two attached hydrogens (primary N) is 1. The predicted octanol–water partition coefficient (Wildman–Crippen LogP) is 3.52. The van der Waals surface area contributed by atoms with Crippen LogP contribution in [-0.2, 0) is 18.3 Å². The molecule has 3 aromatic rings. The van der Waals surface area contributed by atoms with E-state index in [1.165, 1.54) is 11.0 Å². The average Bonchev–Trinajstić information content (AvgIpc) is 3.26. The molecule has 196 valence electrons. The number of aromatic nitrogens is 3. The van der Waals surface area contributed by atoms with Crippen LogP contribution < -0.4 is 16.0 Å². The summed E-state index contributed by atoms with van der Waals surface area (Å²) in [6.07, 6.45) is 4.52. The molecule has 3 N–H and O–H groups in total. The van der Waals surface area contributed by atoms with Crippen molar-refractivity contribution in [3.05, 3.63) is 70.9 Å². The topological polar surface area (TPSA) is 109 Å². The Bertz CT molecular complexity index is 1290. The number of urea groups is 1. The van der Waals surface area contributed by atoms with Gasteiger partial charge in [0.1, 0.15) is 17.7 Å². The van der Waals surface area contributed by atoms with Gasteiger partial charge in [-0.25, -0.2) is 14.2 Å². The lowest BCUT2D eigenvalue weighted by Gasteiger charge is -2.48. The first-order chi connectivity index (χ1) is 17.6. The minimum Gasteiger partial charge on any atom is -0.384 e. The van der Waals surface area contributed by atoms with Crippen molar-refractivity contribution in [1.82, 2.24) is 25.0 Å². The van der Waals surface area contributed by atoms with Gasteiger partial charge in [0.05, 0.1) is 17.9 Å². The number of carbonyl (C=O) groups is 2. The molecule has 0 unspecified atom stereocenters. The molecule has 4 rings (SSSR count). The molecule has 2 aromatic heterocycles. The molecule has 1 aliphatic heterocycles. The van der Waals surface area contributed by atoms with Crippen LogP contribution in [0.5, 0.6) is 0 Å². The van der Waals surface area contributed by atoms with Crippen LogP contribution in [0.4, 0.5) is 20.7 Å². The number of hydrogen-bond donors (Lipinski definition) is 2. The lowest BCUT2D eigenvalue weighted by molar-refractivity contribution is -0.129. The maximum atomic E-state index is 14.2. The second-order valence-corrected chi connectivity index (χ2v) is 9.79. The Morgan fingerprint density at radius 3 is 2.65 bits per heavy atom. The van der Waals surface area contributed by atoms with Gasteiger partial charge in [0, 0.05) is 38.4 Å². The Morgan fingerprint density at radius 1 is 1.27 bits per heavy atom. The van der Waals surface area contributed by atoms with Crippen molar-refractivity contribution < 1.29 is 14.0 Å². The highest BCUT2D eigenvalue weighted by atomic mass is 19.1. The van der Waals surface area contributed by atoms with E-state index in [1.54, 1.807) is 55.1 Å². The first-order valence-electron chi connectivity index (χ1n) is 12.4. The molecule has 1 fully saturated rings. The molecule has 1 aromatic carbocycles. The molecule has 1 aliphatic rings. The van der Waals surface area contributed by atoms with E-state index >= 15 is 0 Å². The second-order valence-electron chi connectivity index (χ2n) is 9.79. The molecule has 9 nitrogen and oxygen atoms in total. The van der Waals surface area contributed by atoms with Crippen molar-refractivity contribution in [3.8, 4) is 0 Å². The van der Waals surface area contributed by atoms with E-state index in [1.807, 2.05) is 26.0 Å². The fourth-order valence-electron chi connectivity index (χ4n) is 4.88. The van der Waals surface area contributed by atoms with Gasteiger partial charge < -0.3 is 20.9 Å². The fourth-order valence-corrected chi connectivity index (χ4v) is 4.88. The number of pyridine rings is 1. The largest absolute Gasteiger partial charge is 0.384 e. The van der Waals surface area contributed by atoms with E-state index in [-0.39, 0.29) is 29.7 Å². The third kappa shape index (κ3) is 5.58. The minimum absolute atomic E-state index is 0.101. The second kappa shape index (κ2) is 10.6. The molecule has 3 atom stereocenters. The normalized spacial score (nSPS) is 17.7. The highest BCUT2D eigenvalue weighted by Gasteiger charge is 2.48. The summed E-state index contributed by atoms with van der Waals surface area (Å²) in [7, 11) is 3.46. The van der Waals surface area contributed by atoms with Crippen molar-refractivity contribution in [1.29, 1.82) is 0 Å². The van der Waals surface area contributed by atoms with Gasteiger partial charge in [0.2, 0.25) is 5.91 Å². The third-order valence-corrected chi connectivity index (χ3v) is 6.97. The van der Waals surface area contributed by atoms with Gasteiger partial charge in [-0.15, -0.1) is 0 Å². The lowest BCUT2D eigenvalue weighted by Crippen LogP contribution is -2.67. The number of amides is 3. The van der Waals surface area contributed by atoms with Crippen LogP contribution in [0.1, 0.15) is 41.8 Å². The van der Waals surface area contributed by atoms with E-state index in [2.05, 4.69) is 15.4 Å². The minimum atomic E-state index is -0.674. The quantitative estimate of drug-likeness (QED) is 0.509. The summed E-state index contributed by atoms with van der Waals surface area (Å²) in [6, 6.07) is 7.33. The van der Waals surface area contributed by atoms with E-state index < -0.39 is 6.04 Å². The lowest BCUT2D eigenvalue weighted by atomic mass is 9.82. The maximum absolute atomic E-state index is 14.2. The molecule has 10 heteroatoms. The van der Waals surface area contributed by atoms with Gasteiger partial charge >= 0.3 is 6.03 Å². The number of likely N-dealkylation sites (tertiary alicyclic amines) is 1. The van der Waals surface area contributed by atoms with Crippen LogP contribution in [0, 0.1) is 25.6 Å². The Kier molecular flexibility index (Phi) is 7.47. The summed E-state index contributed by atoms with van der Waals surface area (Å²) in [5.74, 6) is -0.189. The summed E-state index contributed by atoms with van der Waals surface area (Å²) in [5, 5.41) is 7.16. The molecule has 3 amide bonds. The SMILES string of the molecule is CC[C@@H](NC(=O)N1C[C@H](Cc2cc(C)nc(N)c2)[C@H]1C(=O)N(C)c1cnn(C)c1)c1ccc(C)c(F)c1. The van der Waals surface area contributed by atoms with E-state index in [0.29, 0.717) is 42.0 Å². The van der Waals surface area contributed by atoms with Crippen LogP contribution >= 0.6 is 0 Å². The molecule has 0 bridgehead atoms. The maximum Gasteiger partial charge on any atom is 0.318 e. The van der Waals surface area contributed by atoms with Crippen LogP contribution in [0.3, 0.4) is 0 Å². The van der Waals surface area contributed by atoms with Gasteiger partial charge in [-0.05, 0) is 61.6 Å². The van der Waals surface area contributed by atoms with Crippen LogP contribution in [-0.4, -0.2) is 51.2 Å². The number of nitrogens with zero attached hydrogens (tertiary/aromatic N) is 5. The molecular weight excluding hydrogens is 473 g/mol. The first kappa shape index (κ1) is 26.1. The number of halogens is 1. The Labute approximate surface area is 216 Å². The third-order valence-electron chi connectivity index (χ3n) is 6.97. The fraction of sp³-hybridized carbons (Fsp3) is 0.407. The molecule has 0 saturated carbocycles. The van der Waals surface area contributed by atoms with Crippen LogP contribution in [0.25, 0.3) is 0 Å². The van der Waals surface area contributed by atoms with Gasteiger partial charge in [-0.1, -0.05) is 19.1 Å². The summed E-state index contributed by atoms with van der Waals surface area (Å²) >= 11 is 0. The smallest absolute Gasteiger partial charge is 0.318 e. The number of hydrogen-bond acceptors (Lipinski definition) is 5. The number of likely N-dealkylation sites (N-methyl/N-ethyl adjacent to an activating group) is 1. The number of carbonyl (C=O) groups excluding carboxylic acids is 2. The van der Waals surface area contributed by atoms with Crippen LogP contribution in [0.15, 0.2) is 42.7 Å². The highest BCUT2D eigenvalue weighted by molar-refractivity contribution is 5.99. The molecule has 0 aliphatic carbocycles. The van der Waals surface area contributed by atoms with E-state index in [0.717, 1.165) is 11.3 Å². The molecule has 37 heavy (non-hydrogen) atoms. The zero-order valence-electron chi connectivity index (χ0n) is 21.9. The zero-order valence-corrected chi connectivity index (χ0v) is 21.9. The molecule has 1 saturated heterocycles. The molecular formula is C27H34FN7O2. The molecule has 3 heterocycles. The number of benzene rings is 1. The Morgan fingerprint density at radius 2 is 2.03 bits per heavy atom. The van der Waals surface area contributed by atoms with Crippen molar-refractivity contribution in [2.45, 2.75) is 45.7 Å². The highest BCUT2D eigenvalue weighted by Crippen LogP contribution is 2.32. The standard InChI is InChI=1S/C27H34FN7O2/c1-6-23(19-8-7-16(2)22(28)12-19)32-27(37)35-14-20(10-18-9-17(3)31-24(29)11-18)25(35)26(36)34(5)21-13-30-33(4)15-21/h7-9,11-13,15,20,23,25H,6,10,14H2,1-5H3,(H2,29,31)(H,32,37)/t20-,23+,25-/m0/s1. The number of nitrogen functional groups attached to an aromatic ring is 1. The summed E-state index contributed by atoms with van der Waals surface area (Å²) in [6.45, 7) is 5.91. The van der Waals surface area contributed by atoms with E-state index in [9.17, 15) is 14.0 Å². The number of rotatable bonds is 7. The monoisotopic (exact) mass is 507 g/mol. The van der Waals surface area contributed by atoms with Gasteiger partial charge in [-0.2, -0.15) is 5.10 Å².